The summed E-state index contributed by atoms with van der Waals surface area (Å²) in [7, 11) is -4.19. The standard InChI is InChI=1S/C37H49BrO4S/c1-6-11-15-27(8-3)25-37(26-28(9-4)16-12-7-2)34-18-14-13-17-32(34)33-21-19-29(23-35(33)37)31-22-20-30(38)24-36(31)42-43(39,40)41-10-5/h13-14,17-24,27-28H,6-12,15-16,25-26H2,1-5H3. The van der Waals surface area contributed by atoms with Crippen molar-refractivity contribution in [2.75, 3.05) is 6.61 Å². The second kappa shape index (κ2) is 15.2. The largest absolute Gasteiger partial charge is 0.449 e. The number of benzene rings is 3. The Morgan fingerprint density at radius 2 is 1.35 bits per heavy atom. The summed E-state index contributed by atoms with van der Waals surface area (Å²) >= 11 is 3.50. The van der Waals surface area contributed by atoms with Gasteiger partial charge >= 0.3 is 10.4 Å². The molecule has 1 aliphatic carbocycles. The Bertz CT molecular complexity index is 1450. The van der Waals surface area contributed by atoms with Crippen molar-refractivity contribution in [2.45, 2.75) is 104 Å². The van der Waals surface area contributed by atoms with Crippen LogP contribution < -0.4 is 4.18 Å². The monoisotopic (exact) mass is 668 g/mol. The molecule has 6 heteroatoms. The van der Waals surface area contributed by atoms with E-state index < -0.39 is 10.4 Å². The average molecular weight is 670 g/mol. The Hall–Kier alpha value is -2.15. The lowest BCUT2D eigenvalue weighted by atomic mass is 9.65. The maximum absolute atomic E-state index is 12.6. The molecule has 0 saturated heterocycles. The van der Waals surface area contributed by atoms with E-state index in [1.54, 1.807) is 13.0 Å². The van der Waals surface area contributed by atoms with Gasteiger partial charge in [-0.15, -0.1) is 0 Å². The highest BCUT2D eigenvalue weighted by Crippen LogP contribution is 2.57. The SMILES string of the molecule is CCCCC(CC)CC1(CC(CC)CCCC)c2ccccc2-c2ccc(-c3ccc(Br)cc3OS(=O)(=O)OCC)cc21. The molecule has 0 radical (unpaired) electrons. The first-order valence-corrected chi connectivity index (χ1v) is 18.5. The molecule has 0 fully saturated rings. The van der Waals surface area contributed by atoms with Crippen LogP contribution in [0.25, 0.3) is 22.3 Å². The molecule has 0 saturated carbocycles. The summed E-state index contributed by atoms with van der Waals surface area (Å²) in [6.07, 6.45) is 12.0. The molecule has 0 N–H and O–H groups in total. The number of hydrogen-bond donors (Lipinski definition) is 0. The van der Waals surface area contributed by atoms with Gasteiger partial charge in [-0.2, -0.15) is 8.42 Å². The molecule has 0 aliphatic heterocycles. The molecule has 0 heterocycles. The lowest BCUT2D eigenvalue weighted by Crippen LogP contribution is -2.31. The predicted molar refractivity (Wildman–Crippen MR) is 183 cm³/mol. The summed E-state index contributed by atoms with van der Waals surface area (Å²) in [4.78, 5) is 0. The second-order valence-corrected chi connectivity index (χ2v) is 14.3. The highest BCUT2D eigenvalue weighted by molar-refractivity contribution is 9.10. The van der Waals surface area contributed by atoms with Gasteiger partial charge in [-0.1, -0.05) is 131 Å². The molecule has 3 aromatic carbocycles. The van der Waals surface area contributed by atoms with Crippen molar-refractivity contribution in [3.05, 3.63) is 76.3 Å². The minimum Gasteiger partial charge on any atom is -0.361 e. The zero-order chi connectivity index (χ0) is 31.0. The summed E-state index contributed by atoms with van der Waals surface area (Å²) in [5, 5.41) is 0. The van der Waals surface area contributed by atoms with Crippen LogP contribution in [0.2, 0.25) is 0 Å². The van der Waals surface area contributed by atoms with Gasteiger partial charge in [-0.25, -0.2) is 4.18 Å². The van der Waals surface area contributed by atoms with Crippen molar-refractivity contribution < 1.29 is 16.8 Å². The van der Waals surface area contributed by atoms with Gasteiger partial charge < -0.3 is 4.18 Å². The number of hydrogen-bond acceptors (Lipinski definition) is 4. The second-order valence-electron chi connectivity index (χ2n) is 12.2. The first kappa shape index (κ1) is 33.7. The van der Waals surface area contributed by atoms with Crippen molar-refractivity contribution in [2.24, 2.45) is 11.8 Å². The van der Waals surface area contributed by atoms with Gasteiger partial charge in [0.1, 0.15) is 0 Å². The van der Waals surface area contributed by atoms with E-state index in [0.29, 0.717) is 11.8 Å². The molecule has 1 aliphatic rings. The van der Waals surface area contributed by atoms with E-state index in [2.05, 4.69) is 86.1 Å². The molecule has 234 valence electrons. The van der Waals surface area contributed by atoms with Crippen LogP contribution in [0.15, 0.2) is 65.1 Å². The zero-order valence-electron chi connectivity index (χ0n) is 26.6. The van der Waals surface area contributed by atoms with Crippen LogP contribution in [0.3, 0.4) is 0 Å². The van der Waals surface area contributed by atoms with Crippen LogP contribution in [0.1, 0.15) is 110 Å². The molecular weight excluding hydrogens is 620 g/mol. The Kier molecular flexibility index (Phi) is 11.9. The van der Waals surface area contributed by atoms with Crippen molar-refractivity contribution in [3.63, 3.8) is 0 Å². The highest BCUT2D eigenvalue weighted by atomic mass is 79.9. The van der Waals surface area contributed by atoms with E-state index in [1.165, 1.54) is 73.6 Å². The van der Waals surface area contributed by atoms with Crippen molar-refractivity contribution in [1.29, 1.82) is 0 Å². The summed E-state index contributed by atoms with van der Waals surface area (Å²) in [6.45, 7) is 10.9. The lowest BCUT2D eigenvalue weighted by Gasteiger charge is -2.39. The van der Waals surface area contributed by atoms with Crippen LogP contribution in [-0.4, -0.2) is 15.0 Å². The topological polar surface area (TPSA) is 52.6 Å². The maximum atomic E-state index is 12.6. The van der Waals surface area contributed by atoms with Gasteiger partial charge in [0.25, 0.3) is 0 Å². The van der Waals surface area contributed by atoms with Crippen molar-refractivity contribution in [1.82, 2.24) is 0 Å². The van der Waals surface area contributed by atoms with Crippen LogP contribution in [0.4, 0.5) is 0 Å². The molecule has 43 heavy (non-hydrogen) atoms. The van der Waals surface area contributed by atoms with Crippen LogP contribution in [0.5, 0.6) is 5.75 Å². The fourth-order valence-electron chi connectivity index (χ4n) is 7.10. The van der Waals surface area contributed by atoms with E-state index in [4.69, 9.17) is 8.37 Å². The summed E-state index contributed by atoms with van der Waals surface area (Å²) in [5.41, 5.74) is 7.06. The van der Waals surface area contributed by atoms with Gasteiger partial charge in [-0.3, -0.25) is 0 Å². The van der Waals surface area contributed by atoms with Crippen LogP contribution >= 0.6 is 15.9 Å². The lowest BCUT2D eigenvalue weighted by molar-refractivity contribution is 0.266. The fraction of sp³-hybridized carbons (Fsp3) is 0.514. The first-order chi connectivity index (χ1) is 20.7. The molecule has 0 amide bonds. The molecule has 0 bridgehead atoms. The third kappa shape index (κ3) is 7.75. The van der Waals surface area contributed by atoms with Gasteiger partial charge in [-0.05, 0) is 83.7 Å². The summed E-state index contributed by atoms with van der Waals surface area (Å²) in [6, 6.07) is 21.3. The van der Waals surface area contributed by atoms with E-state index in [1.807, 2.05) is 12.1 Å². The number of fused-ring (bicyclic) bond motifs is 3. The maximum Gasteiger partial charge on any atom is 0.449 e. The molecule has 2 atom stereocenters. The zero-order valence-corrected chi connectivity index (χ0v) is 29.0. The van der Waals surface area contributed by atoms with Gasteiger partial charge in [0, 0.05) is 15.5 Å². The van der Waals surface area contributed by atoms with E-state index >= 15 is 0 Å². The normalized spacial score (nSPS) is 17.3. The summed E-state index contributed by atoms with van der Waals surface area (Å²) in [5.74, 6) is 1.52. The predicted octanol–water partition coefficient (Wildman–Crippen LogP) is 11.3. The minimum absolute atomic E-state index is 0.0124. The minimum atomic E-state index is -4.19. The number of halogens is 1. The molecular formula is C37H49BrO4S. The van der Waals surface area contributed by atoms with Gasteiger partial charge in [0.15, 0.2) is 5.75 Å². The van der Waals surface area contributed by atoms with Gasteiger partial charge in [0.05, 0.1) is 6.61 Å². The quantitative estimate of drug-likeness (QED) is 0.144. The molecule has 3 aromatic rings. The van der Waals surface area contributed by atoms with Crippen molar-refractivity contribution in [3.8, 4) is 28.0 Å². The summed E-state index contributed by atoms with van der Waals surface area (Å²) < 4.78 is 36.3. The molecule has 0 spiro atoms. The third-order valence-corrected chi connectivity index (χ3v) is 10.7. The van der Waals surface area contributed by atoms with E-state index in [-0.39, 0.29) is 17.8 Å². The van der Waals surface area contributed by atoms with Gasteiger partial charge in [0.2, 0.25) is 0 Å². The number of unbranched alkanes of at least 4 members (excludes halogenated alkanes) is 2. The van der Waals surface area contributed by atoms with E-state index in [9.17, 15) is 8.42 Å². The third-order valence-electron chi connectivity index (χ3n) is 9.34. The van der Waals surface area contributed by atoms with Crippen LogP contribution in [0, 0.1) is 11.8 Å². The smallest absolute Gasteiger partial charge is 0.361 e. The highest BCUT2D eigenvalue weighted by Gasteiger charge is 2.45. The first-order valence-electron chi connectivity index (χ1n) is 16.3. The Balaban J connectivity index is 1.91. The Morgan fingerprint density at radius 3 is 1.95 bits per heavy atom. The Labute approximate surface area is 269 Å². The average Bonchev–Trinajstić information content (AvgIpc) is 3.25. The van der Waals surface area contributed by atoms with E-state index in [0.717, 1.165) is 28.4 Å². The molecule has 2 unspecified atom stereocenters. The van der Waals surface area contributed by atoms with Crippen LogP contribution in [-0.2, 0) is 20.0 Å². The van der Waals surface area contributed by atoms with Crippen molar-refractivity contribution >= 4 is 26.3 Å². The Morgan fingerprint density at radius 1 is 0.744 bits per heavy atom. The number of rotatable bonds is 17. The molecule has 0 aromatic heterocycles. The molecule has 4 nitrogen and oxygen atoms in total. The fourth-order valence-corrected chi connectivity index (χ4v) is 8.13. The molecule has 4 rings (SSSR count).